The van der Waals surface area contributed by atoms with E-state index >= 15 is 0 Å². The van der Waals surface area contributed by atoms with Crippen LogP contribution in [0.2, 0.25) is 0 Å². The van der Waals surface area contributed by atoms with Crippen molar-refractivity contribution in [3.63, 3.8) is 0 Å². The van der Waals surface area contributed by atoms with Crippen LogP contribution in [0.25, 0.3) is 10.9 Å². The molecule has 0 aliphatic carbocycles. The van der Waals surface area contributed by atoms with Crippen LogP contribution in [-0.2, 0) is 16.8 Å². The number of aromatic nitrogens is 1. The van der Waals surface area contributed by atoms with E-state index in [1.165, 1.54) is 5.56 Å². The topological polar surface area (TPSA) is 54.1 Å². The number of methoxy groups -OCH3 is 1. The maximum atomic E-state index is 12.6. The molecule has 2 N–H and O–H groups in total. The van der Waals surface area contributed by atoms with Crippen LogP contribution in [-0.4, -0.2) is 18.0 Å². The maximum absolute atomic E-state index is 12.6. The van der Waals surface area contributed by atoms with E-state index in [-0.39, 0.29) is 11.3 Å². The number of hydrogen-bond acceptors (Lipinski definition) is 2. The Morgan fingerprint density at radius 3 is 2.64 bits per heavy atom. The van der Waals surface area contributed by atoms with Crippen molar-refractivity contribution in [1.29, 1.82) is 0 Å². The van der Waals surface area contributed by atoms with Gasteiger partial charge in [0.25, 0.3) is 5.91 Å². The van der Waals surface area contributed by atoms with Crippen molar-refractivity contribution in [3.05, 3.63) is 65.4 Å². The van der Waals surface area contributed by atoms with Gasteiger partial charge in [-0.1, -0.05) is 45.0 Å². The molecule has 0 fully saturated rings. The number of nitrogens with one attached hydrogen (secondary N) is 2. The molecule has 0 radical (unpaired) electrons. The molecule has 2 aromatic carbocycles. The van der Waals surface area contributed by atoms with Gasteiger partial charge in [0.2, 0.25) is 0 Å². The minimum atomic E-state index is -0.150. The largest absolute Gasteiger partial charge is 0.380 e. The number of amides is 1. The summed E-state index contributed by atoms with van der Waals surface area (Å²) in [6.45, 7) is 7.05. The molecule has 4 heteroatoms. The average molecular weight is 336 g/mol. The lowest BCUT2D eigenvalue weighted by Crippen LogP contribution is -2.12. The van der Waals surface area contributed by atoms with Crippen molar-refractivity contribution in [2.24, 2.45) is 0 Å². The molecule has 0 bridgehead atoms. The highest BCUT2D eigenvalue weighted by Crippen LogP contribution is 2.26. The van der Waals surface area contributed by atoms with E-state index in [0.717, 1.165) is 22.2 Å². The van der Waals surface area contributed by atoms with Gasteiger partial charge < -0.3 is 15.0 Å². The Balaban J connectivity index is 1.83. The van der Waals surface area contributed by atoms with Gasteiger partial charge in [-0.05, 0) is 40.8 Å². The Labute approximate surface area is 148 Å². The molecule has 0 unspecified atom stereocenters. The molecule has 1 aromatic heterocycles. The van der Waals surface area contributed by atoms with Crippen molar-refractivity contribution in [3.8, 4) is 0 Å². The summed E-state index contributed by atoms with van der Waals surface area (Å²) in [5, 5.41) is 3.97. The van der Waals surface area contributed by atoms with Gasteiger partial charge in [0.15, 0.2) is 0 Å². The van der Waals surface area contributed by atoms with Crippen LogP contribution in [0.15, 0.2) is 48.5 Å². The molecular weight excluding hydrogens is 312 g/mol. The van der Waals surface area contributed by atoms with Crippen molar-refractivity contribution in [1.82, 2.24) is 4.98 Å². The van der Waals surface area contributed by atoms with Gasteiger partial charge in [0.05, 0.1) is 6.61 Å². The van der Waals surface area contributed by atoms with Crippen molar-refractivity contribution in [2.45, 2.75) is 32.8 Å². The summed E-state index contributed by atoms with van der Waals surface area (Å²) in [6.07, 6.45) is 0. The normalized spacial score (nSPS) is 11.7. The molecule has 3 aromatic rings. The van der Waals surface area contributed by atoms with Crippen LogP contribution in [0, 0.1) is 0 Å². The number of aromatic amines is 1. The summed E-state index contributed by atoms with van der Waals surface area (Å²) < 4.78 is 5.13. The highest BCUT2D eigenvalue weighted by atomic mass is 16.5. The van der Waals surface area contributed by atoms with E-state index in [0.29, 0.717) is 12.3 Å². The monoisotopic (exact) mass is 336 g/mol. The van der Waals surface area contributed by atoms with E-state index in [2.05, 4.69) is 49.3 Å². The zero-order chi connectivity index (χ0) is 18.0. The van der Waals surface area contributed by atoms with Gasteiger partial charge in [0.1, 0.15) is 5.69 Å². The van der Waals surface area contributed by atoms with Crippen molar-refractivity contribution < 1.29 is 9.53 Å². The Bertz CT molecular complexity index is 904. The number of rotatable bonds is 4. The molecule has 130 valence electrons. The second kappa shape index (κ2) is 6.73. The summed E-state index contributed by atoms with van der Waals surface area (Å²) in [7, 11) is 1.65. The molecule has 0 aliphatic rings. The third kappa shape index (κ3) is 3.91. The first-order valence-corrected chi connectivity index (χ1v) is 8.39. The fourth-order valence-electron chi connectivity index (χ4n) is 2.82. The standard InChI is InChI=1S/C21H24N2O2/c1-21(2,3)16-9-8-15-11-19(23-18(15)12-16)20(24)22-17-7-5-6-14(10-17)13-25-4/h5-12,23H,13H2,1-4H3,(H,22,24). The Kier molecular flexibility index (Phi) is 4.64. The fraction of sp³-hybridized carbons (Fsp3) is 0.286. The number of H-pyrrole nitrogens is 1. The summed E-state index contributed by atoms with van der Waals surface area (Å²) in [5.41, 5.74) is 4.62. The number of fused-ring (bicyclic) bond motifs is 1. The second-order valence-corrected chi connectivity index (χ2v) is 7.32. The van der Waals surface area contributed by atoms with E-state index in [9.17, 15) is 4.79 Å². The molecule has 0 saturated carbocycles. The van der Waals surface area contributed by atoms with Crippen molar-refractivity contribution >= 4 is 22.5 Å². The first-order valence-electron chi connectivity index (χ1n) is 8.39. The number of hydrogen-bond donors (Lipinski definition) is 2. The molecule has 0 atom stereocenters. The molecule has 1 heterocycles. The quantitative estimate of drug-likeness (QED) is 0.714. The third-order valence-corrected chi connectivity index (χ3v) is 4.23. The number of ether oxygens (including phenoxy) is 1. The average Bonchev–Trinajstić information content (AvgIpc) is 2.98. The van der Waals surface area contributed by atoms with Crippen LogP contribution in [0.5, 0.6) is 0 Å². The Morgan fingerprint density at radius 1 is 1.12 bits per heavy atom. The van der Waals surface area contributed by atoms with Crippen LogP contribution in [0.3, 0.4) is 0 Å². The second-order valence-electron chi connectivity index (χ2n) is 7.32. The number of anilines is 1. The minimum Gasteiger partial charge on any atom is -0.380 e. The predicted octanol–water partition coefficient (Wildman–Crippen LogP) is 4.86. The van der Waals surface area contributed by atoms with E-state index in [1.807, 2.05) is 30.3 Å². The van der Waals surface area contributed by atoms with Crippen LogP contribution in [0.1, 0.15) is 42.4 Å². The van der Waals surface area contributed by atoms with Gasteiger partial charge in [-0.3, -0.25) is 4.79 Å². The van der Waals surface area contributed by atoms with Gasteiger partial charge in [0, 0.05) is 23.7 Å². The van der Waals surface area contributed by atoms with Crippen LogP contribution < -0.4 is 5.32 Å². The zero-order valence-electron chi connectivity index (χ0n) is 15.1. The molecule has 0 spiro atoms. The van der Waals surface area contributed by atoms with E-state index < -0.39 is 0 Å². The zero-order valence-corrected chi connectivity index (χ0v) is 15.1. The van der Waals surface area contributed by atoms with Crippen molar-refractivity contribution in [2.75, 3.05) is 12.4 Å². The smallest absolute Gasteiger partial charge is 0.272 e. The SMILES string of the molecule is COCc1cccc(NC(=O)c2cc3ccc(C(C)(C)C)cc3[nH]2)c1. The summed E-state index contributed by atoms with van der Waals surface area (Å²) in [6, 6.07) is 15.8. The molecule has 1 amide bonds. The molecule has 3 rings (SSSR count). The van der Waals surface area contributed by atoms with Gasteiger partial charge in [-0.2, -0.15) is 0 Å². The number of carbonyl (C=O) groups is 1. The summed E-state index contributed by atoms with van der Waals surface area (Å²) in [5.74, 6) is -0.150. The molecule has 0 saturated heterocycles. The Morgan fingerprint density at radius 2 is 1.92 bits per heavy atom. The first-order chi connectivity index (χ1) is 11.9. The van der Waals surface area contributed by atoms with Crippen LogP contribution >= 0.6 is 0 Å². The minimum absolute atomic E-state index is 0.0729. The Hall–Kier alpha value is -2.59. The fourth-order valence-corrected chi connectivity index (χ4v) is 2.82. The van der Waals surface area contributed by atoms with E-state index in [4.69, 9.17) is 4.74 Å². The lowest BCUT2D eigenvalue weighted by Gasteiger charge is -2.18. The number of benzene rings is 2. The lowest BCUT2D eigenvalue weighted by molar-refractivity contribution is 0.102. The number of carbonyl (C=O) groups excluding carboxylic acids is 1. The molecular formula is C21H24N2O2. The molecule has 4 nitrogen and oxygen atoms in total. The first kappa shape index (κ1) is 17.2. The third-order valence-electron chi connectivity index (χ3n) is 4.23. The molecule has 0 aliphatic heterocycles. The summed E-state index contributed by atoms with van der Waals surface area (Å²) in [4.78, 5) is 15.8. The highest BCUT2D eigenvalue weighted by molar-refractivity contribution is 6.06. The van der Waals surface area contributed by atoms with Gasteiger partial charge in [-0.15, -0.1) is 0 Å². The maximum Gasteiger partial charge on any atom is 0.272 e. The molecule has 25 heavy (non-hydrogen) atoms. The van der Waals surface area contributed by atoms with Gasteiger partial charge in [-0.25, -0.2) is 0 Å². The van der Waals surface area contributed by atoms with E-state index in [1.54, 1.807) is 7.11 Å². The lowest BCUT2D eigenvalue weighted by atomic mass is 9.87. The van der Waals surface area contributed by atoms with Gasteiger partial charge >= 0.3 is 0 Å². The van der Waals surface area contributed by atoms with Crippen LogP contribution in [0.4, 0.5) is 5.69 Å². The summed E-state index contributed by atoms with van der Waals surface area (Å²) >= 11 is 0. The highest BCUT2D eigenvalue weighted by Gasteiger charge is 2.16. The predicted molar refractivity (Wildman–Crippen MR) is 102 cm³/mol.